The minimum Gasteiger partial charge on any atom is -0.343 e. The average Bonchev–Trinajstić information content (AvgIpc) is 3.20. The monoisotopic (exact) mass is 411 g/mol. The van der Waals surface area contributed by atoms with Gasteiger partial charge in [0.25, 0.3) is 0 Å². The summed E-state index contributed by atoms with van der Waals surface area (Å²) in [6.07, 6.45) is 0.745. The number of alkyl halides is 3. The summed E-state index contributed by atoms with van der Waals surface area (Å²) in [6.45, 7) is 2.72. The van der Waals surface area contributed by atoms with E-state index in [1.54, 1.807) is 11.0 Å². The lowest BCUT2D eigenvalue weighted by Gasteiger charge is -2.32. The molecule has 2 aliphatic rings. The normalized spacial score (nSPS) is 19.8. The molecule has 1 saturated carbocycles. The van der Waals surface area contributed by atoms with E-state index >= 15 is 0 Å². The quantitative estimate of drug-likeness (QED) is 0.778. The molecule has 160 valence electrons. The van der Waals surface area contributed by atoms with Crippen LogP contribution in [0.5, 0.6) is 0 Å². The Morgan fingerprint density at radius 2 is 1.76 bits per heavy atom. The number of amides is 3. The van der Waals surface area contributed by atoms with Gasteiger partial charge in [0.15, 0.2) is 0 Å². The van der Waals surface area contributed by atoms with Gasteiger partial charge in [0, 0.05) is 26.1 Å². The first-order valence-electron chi connectivity index (χ1n) is 10.2. The third-order valence-electron chi connectivity index (χ3n) is 6.01. The van der Waals surface area contributed by atoms with Crippen molar-refractivity contribution in [3.05, 3.63) is 35.4 Å². The van der Waals surface area contributed by atoms with Crippen LogP contribution in [-0.2, 0) is 11.0 Å². The summed E-state index contributed by atoms with van der Waals surface area (Å²) in [5.41, 5.74) is -0.204. The number of halogens is 3. The van der Waals surface area contributed by atoms with E-state index in [2.05, 4.69) is 10.6 Å². The third kappa shape index (κ3) is 5.64. The summed E-state index contributed by atoms with van der Waals surface area (Å²) >= 11 is 0. The summed E-state index contributed by atoms with van der Waals surface area (Å²) in [5, 5.41) is 5.87. The van der Waals surface area contributed by atoms with Crippen LogP contribution in [0.4, 0.5) is 18.0 Å². The van der Waals surface area contributed by atoms with Crippen LogP contribution >= 0.6 is 0 Å². The van der Waals surface area contributed by atoms with Gasteiger partial charge >= 0.3 is 12.2 Å². The number of nitrogens with one attached hydrogen (secondary N) is 2. The van der Waals surface area contributed by atoms with Crippen molar-refractivity contribution in [3.63, 3.8) is 0 Å². The molecule has 0 aromatic heterocycles. The second-order valence-corrected chi connectivity index (χ2v) is 8.04. The topological polar surface area (TPSA) is 61.4 Å². The molecule has 1 aromatic rings. The molecule has 1 saturated heterocycles. The van der Waals surface area contributed by atoms with Gasteiger partial charge in [-0.25, -0.2) is 4.79 Å². The third-order valence-corrected chi connectivity index (χ3v) is 6.01. The number of carbonyl (C=O) groups excluding carboxylic acids is 2. The molecule has 3 rings (SSSR count). The van der Waals surface area contributed by atoms with Crippen molar-refractivity contribution < 1.29 is 22.8 Å². The number of hydrogen-bond donors (Lipinski definition) is 2. The van der Waals surface area contributed by atoms with Crippen molar-refractivity contribution in [1.82, 2.24) is 15.5 Å². The van der Waals surface area contributed by atoms with Crippen LogP contribution in [0.3, 0.4) is 0 Å². The van der Waals surface area contributed by atoms with Crippen molar-refractivity contribution in [2.24, 2.45) is 5.92 Å². The van der Waals surface area contributed by atoms with Crippen molar-refractivity contribution >= 4 is 11.9 Å². The molecule has 1 atom stereocenters. The number of likely N-dealkylation sites (tertiary alicyclic amines) is 1. The number of rotatable bonds is 4. The molecule has 8 heteroatoms. The predicted octanol–water partition coefficient (Wildman–Crippen LogP) is 4.25. The first kappa shape index (κ1) is 21.5. The van der Waals surface area contributed by atoms with E-state index in [9.17, 15) is 22.8 Å². The van der Waals surface area contributed by atoms with Crippen LogP contribution in [0.2, 0.25) is 0 Å². The summed E-state index contributed by atoms with van der Waals surface area (Å²) in [7, 11) is 0. The summed E-state index contributed by atoms with van der Waals surface area (Å²) < 4.78 is 39.4. The molecular formula is C21H28F3N3O2. The fourth-order valence-electron chi connectivity index (χ4n) is 4.38. The van der Waals surface area contributed by atoms with Gasteiger partial charge in [-0.3, -0.25) is 4.79 Å². The van der Waals surface area contributed by atoms with Gasteiger partial charge in [-0.1, -0.05) is 25.0 Å². The van der Waals surface area contributed by atoms with E-state index in [0.717, 1.165) is 37.8 Å². The van der Waals surface area contributed by atoms with E-state index in [4.69, 9.17) is 0 Å². The number of nitrogens with zero attached hydrogens (tertiary/aromatic N) is 1. The van der Waals surface area contributed by atoms with E-state index in [1.165, 1.54) is 13.0 Å². The maximum absolute atomic E-state index is 13.1. The Morgan fingerprint density at radius 1 is 1.10 bits per heavy atom. The fourth-order valence-corrected chi connectivity index (χ4v) is 4.38. The van der Waals surface area contributed by atoms with E-state index in [-0.39, 0.29) is 23.9 Å². The Balaban J connectivity index is 1.67. The Hall–Kier alpha value is -2.25. The SMILES string of the molecule is CC(=O)N1CCC(NC(=O)NC(c2cccc(C(F)(F)F)c2)C2CCCC2)CC1. The molecule has 1 aliphatic heterocycles. The highest BCUT2D eigenvalue weighted by atomic mass is 19.4. The first-order valence-corrected chi connectivity index (χ1v) is 10.2. The van der Waals surface area contributed by atoms with Crippen LogP contribution in [0.15, 0.2) is 24.3 Å². The zero-order chi connectivity index (χ0) is 21.0. The smallest absolute Gasteiger partial charge is 0.343 e. The molecule has 2 fully saturated rings. The zero-order valence-corrected chi connectivity index (χ0v) is 16.6. The Bertz CT molecular complexity index is 724. The maximum Gasteiger partial charge on any atom is 0.416 e. The largest absolute Gasteiger partial charge is 0.416 e. The fraction of sp³-hybridized carbons (Fsp3) is 0.619. The highest BCUT2D eigenvalue weighted by Gasteiger charge is 2.33. The number of carbonyl (C=O) groups is 2. The lowest BCUT2D eigenvalue weighted by atomic mass is 9.90. The van der Waals surface area contributed by atoms with Crippen molar-refractivity contribution in [1.29, 1.82) is 0 Å². The van der Waals surface area contributed by atoms with E-state index in [1.807, 2.05) is 0 Å². The minimum atomic E-state index is -4.41. The standard InChI is InChI=1S/C21H28F3N3O2/c1-14(28)27-11-9-18(10-12-27)25-20(29)26-19(15-5-2-3-6-15)16-7-4-8-17(13-16)21(22,23)24/h4,7-8,13,15,18-19H,2-3,5-6,9-12H2,1H3,(H2,25,26,29). The first-order chi connectivity index (χ1) is 13.7. The highest BCUT2D eigenvalue weighted by molar-refractivity contribution is 5.75. The van der Waals surface area contributed by atoms with Crippen molar-refractivity contribution in [2.75, 3.05) is 13.1 Å². The van der Waals surface area contributed by atoms with Crippen LogP contribution in [-0.4, -0.2) is 36.0 Å². The Kier molecular flexibility index (Phi) is 6.70. The van der Waals surface area contributed by atoms with Gasteiger partial charge in [0.1, 0.15) is 0 Å². The summed E-state index contributed by atoms with van der Waals surface area (Å²) in [5.74, 6) is 0.155. The summed E-state index contributed by atoms with van der Waals surface area (Å²) in [4.78, 5) is 25.8. The van der Waals surface area contributed by atoms with Gasteiger partial charge < -0.3 is 15.5 Å². The number of urea groups is 1. The zero-order valence-electron chi connectivity index (χ0n) is 16.6. The van der Waals surface area contributed by atoms with Crippen molar-refractivity contribution in [2.45, 2.75) is 63.7 Å². The number of benzene rings is 1. The van der Waals surface area contributed by atoms with E-state index < -0.39 is 17.8 Å². The molecule has 0 spiro atoms. The van der Waals surface area contributed by atoms with Crippen molar-refractivity contribution in [3.8, 4) is 0 Å². The number of piperidine rings is 1. The molecule has 1 aliphatic carbocycles. The van der Waals surface area contributed by atoms with E-state index in [0.29, 0.717) is 31.5 Å². The molecule has 0 bridgehead atoms. The molecule has 1 heterocycles. The maximum atomic E-state index is 13.1. The summed E-state index contributed by atoms with van der Waals surface area (Å²) in [6, 6.07) is 4.40. The lowest BCUT2D eigenvalue weighted by molar-refractivity contribution is -0.137. The molecule has 1 unspecified atom stereocenters. The average molecular weight is 411 g/mol. The molecule has 29 heavy (non-hydrogen) atoms. The molecule has 1 aromatic carbocycles. The van der Waals surface area contributed by atoms with Gasteiger partial charge in [0.2, 0.25) is 5.91 Å². The second kappa shape index (κ2) is 9.05. The van der Waals surface area contributed by atoms with Gasteiger partial charge in [0.05, 0.1) is 11.6 Å². The Labute approximate surface area is 169 Å². The van der Waals surface area contributed by atoms with Crippen LogP contribution < -0.4 is 10.6 Å². The molecule has 5 nitrogen and oxygen atoms in total. The molecule has 0 radical (unpaired) electrons. The second-order valence-electron chi connectivity index (χ2n) is 8.04. The van der Waals surface area contributed by atoms with Crippen LogP contribution in [0.25, 0.3) is 0 Å². The molecular weight excluding hydrogens is 383 g/mol. The Morgan fingerprint density at radius 3 is 2.34 bits per heavy atom. The predicted molar refractivity (Wildman–Crippen MR) is 103 cm³/mol. The van der Waals surface area contributed by atoms with Gasteiger partial charge in [-0.15, -0.1) is 0 Å². The minimum absolute atomic E-state index is 0.0266. The lowest BCUT2D eigenvalue weighted by Crippen LogP contribution is -2.49. The molecule has 2 N–H and O–H groups in total. The number of hydrogen-bond acceptors (Lipinski definition) is 2. The van der Waals surface area contributed by atoms with Crippen LogP contribution in [0.1, 0.15) is 62.6 Å². The van der Waals surface area contributed by atoms with Gasteiger partial charge in [-0.2, -0.15) is 13.2 Å². The highest BCUT2D eigenvalue weighted by Crippen LogP contribution is 2.38. The van der Waals surface area contributed by atoms with Crippen LogP contribution in [0, 0.1) is 5.92 Å². The van der Waals surface area contributed by atoms with Gasteiger partial charge in [-0.05, 0) is 49.3 Å². The molecule has 3 amide bonds.